The molecule has 0 bridgehead atoms. The van der Waals surface area contributed by atoms with Gasteiger partial charge in [-0.2, -0.15) is 0 Å². The summed E-state index contributed by atoms with van der Waals surface area (Å²) in [5, 5.41) is 8.81. The fourth-order valence-electron chi connectivity index (χ4n) is 1.21. The highest BCUT2D eigenvalue weighted by Gasteiger charge is 1.98. The van der Waals surface area contributed by atoms with E-state index >= 15 is 0 Å². The fraction of sp³-hybridized carbons (Fsp3) is 0.0909. The van der Waals surface area contributed by atoms with E-state index < -0.39 is 0 Å². The molecule has 0 radical (unpaired) electrons. The van der Waals surface area contributed by atoms with E-state index in [0.29, 0.717) is 0 Å². The Balaban J connectivity index is 2.28. The maximum Gasteiger partial charge on any atom is 0.143 e. The molecule has 14 heavy (non-hydrogen) atoms. The van der Waals surface area contributed by atoms with Crippen molar-refractivity contribution >= 4 is 23.0 Å². The molecule has 0 unspecified atom stereocenters. The average molecular weight is 202 g/mol. The smallest absolute Gasteiger partial charge is 0.143 e. The van der Waals surface area contributed by atoms with Crippen molar-refractivity contribution in [3.05, 3.63) is 46.4 Å². The molecule has 1 aromatic heterocycles. The van der Waals surface area contributed by atoms with Crippen LogP contribution in [0.5, 0.6) is 0 Å². The van der Waals surface area contributed by atoms with E-state index in [-0.39, 0.29) is 0 Å². The van der Waals surface area contributed by atoms with Crippen molar-refractivity contribution in [3.63, 3.8) is 0 Å². The van der Waals surface area contributed by atoms with Crippen LogP contribution in [0.15, 0.2) is 35.8 Å². The van der Waals surface area contributed by atoms with Gasteiger partial charge in [-0.05, 0) is 24.1 Å². The van der Waals surface area contributed by atoms with Gasteiger partial charge >= 0.3 is 0 Å². The minimum atomic E-state index is 0.980. The first-order valence-electron chi connectivity index (χ1n) is 4.36. The summed E-state index contributed by atoms with van der Waals surface area (Å²) >= 11 is 1.56. The van der Waals surface area contributed by atoms with Gasteiger partial charge in [-0.1, -0.05) is 30.3 Å². The third-order valence-corrected chi connectivity index (χ3v) is 2.71. The van der Waals surface area contributed by atoms with Crippen LogP contribution in [0.2, 0.25) is 0 Å². The lowest BCUT2D eigenvalue weighted by molar-refractivity contribution is 1.07. The molecule has 1 aromatic carbocycles. The van der Waals surface area contributed by atoms with Crippen molar-refractivity contribution < 1.29 is 0 Å². The van der Waals surface area contributed by atoms with E-state index in [0.717, 1.165) is 10.6 Å². The Labute approximate surface area is 86.9 Å². The van der Waals surface area contributed by atoms with Gasteiger partial charge in [0.1, 0.15) is 10.5 Å². The van der Waals surface area contributed by atoms with E-state index in [9.17, 15) is 0 Å². The minimum Gasteiger partial charge on any atom is -0.147 e. The molecule has 3 heteroatoms. The van der Waals surface area contributed by atoms with Crippen LogP contribution in [-0.2, 0) is 0 Å². The first-order valence-corrected chi connectivity index (χ1v) is 5.24. The van der Waals surface area contributed by atoms with Gasteiger partial charge in [0.05, 0.1) is 0 Å². The number of hydrogen-bond acceptors (Lipinski definition) is 3. The zero-order valence-electron chi connectivity index (χ0n) is 7.84. The minimum absolute atomic E-state index is 0.980. The van der Waals surface area contributed by atoms with Crippen molar-refractivity contribution in [2.45, 2.75) is 6.92 Å². The summed E-state index contributed by atoms with van der Waals surface area (Å²) in [4.78, 5) is 0. The van der Waals surface area contributed by atoms with Gasteiger partial charge in [0, 0.05) is 0 Å². The van der Waals surface area contributed by atoms with Gasteiger partial charge in [0.15, 0.2) is 0 Å². The Bertz CT molecular complexity index is 418. The average Bonchev–Trinajstić information content (AvgIpc) is 2.72. The normalized spacial score (nSPS) is 11.6. The van der Waals surface area contributed by atoms with Crippen LogP contribution in [0.3, 0.4) is 0 Å². The largest absolute Gasteiger partial charge is 0.147 e. The van der Waals surface area contributed by atoms with Crippen molar-refractivity contribution in [3.8, 4) is 0 Å². The van der Waals surface area contributed by atoms with Crippen LogP contribution >= 0.6 is 11.3 Å². The fourth-order valence-corrected chi connectivity index (χ4v) is 1.74. The molecule has 0 amide bonds. The van der Waals surface area contributed by atoms with Crippen molar-refractivity contribution in [1.29, 1.82) is 0 Å². The number of hydrogen-bond donors (Lipinski definition) is 0. The van der Waals surface area contributed by atoms with Crippen molar-refractivity contribution in [1.82, 2.24) is 10.2 Å². The molecule has 0 spiro atoms. The van der Waals surface area contributed by atoms with Crippen molar-refractivity contribution in [2.75, 3.05) is 0 Å². The monoisotopic (exact) mass is 202 g/mol. The van der Waals surface area contributed by atoms with E-state index in [1.54, 1.807) is 16.8 Å². The molecule has 70 valence electrons. The van der Waals surface area contributed by atoms with Gasteiger partial charge in [0.2, 0.25) is 0 Å². The molecule has 2 rings (SSSR count). The first-order chi connectivity index (χ1) is 6.86. The summed E-state index contributed by atoms with van der Waals surface area (Å²) in [7, 11) is 0. The highest BCUT2D eigenvalue weighted by Crippen LogP contribution is 2.18. The number of aromatic nitrogens is 2. The second-order valence-electron chi connectivity index (χ2n) is 2.98. The molecule has 1 heterocycles. The number of nitrogens with zero attached hydrogens (tertiary/aromatic N) is 2. The molecule has 2 nitrogen and oxygen atoms in total. The third-order valence-electron chi connectivity index (χ3n) is 1.88. The van der Waals surface area contributed by atoms with E-state index in [4.69, 9.17) is 0 Å². The molecule has 0 atom stereocenters. The highest BCUT2D eigenvalue weighted by molar-refractivity contribution is 7.10. The van der Waals surface area contributed by atoms with Gasteiger partial charge in [-0.15, -0.1) is 21.5 Å². The molecule has 0 N–H and O–H groups in total. The Kier molecular flexibility index (Phi) is 2.70. The SMILES string of the molecule is C/C(=C\c1ccccc1)c1nncs1. The molecule has 0 aliphatic rings. The number of benzene rings is 1. The Hall–Kier alpha value is -1.48. The third kappa shape index (κ3) is 2.06. The Morgan fingerprint density at radius 1 is 1.29 bits per heavy atom. The van der Waals surface area contributed by atoms with Gasteiger partial charge in [-0.3, -0.25) is 0 Å². The molecular weight excluding hydrogens is 192 g/mol. The lowest BCUT2D eigenvalue weighted by Gasteiger charge is -1.95. The van der Waals surface area contributed by atoms with Crippen LogP contribution in [0, 0.1) is 0 Å². The maximum absolute atomic E-state index is 4.01. The molecule has 0 aliphatic carbocycles. The van der Waals surface area contributed by atoms with Crippen LogP contribution in [0.4, 0.5) is 0 Å². The van der Waals surface area contributed by atoms with Gasteiger partial charge < -0.3 is 0 Å². The Morgan fingerprint density at radius 2 is 2.07 bits per heavy atom. The summed E-state index contributed by atoms with van der Waals surface area (Å²) in [6, 6.07) is 10.2. The molecule has 0 aliphatic heterocycles. The lowest BCUT2D eigenvalue weighted by Crippen LogP contribution is -1.78. The second-order valence-corrected chi connectivity index (χ2v) is 3.82. The summed E-state index contributed by atoms with van der Waals surface area (Å²) in [5.74, 6) is 0. The quantitative estimate of drug-likeness (QED) is 0.747. The second kappa shape index (κ2) is 4.15. The molecule has 0 saturated carbocycles. The van der Waals surface area contributed by atoms with Crippen LogP contribution in [0.1, 0.15) is 17.5 Å². The molecule has 2 aromatic rings. The number of rotatable bonds is 2. The summed E-state index contributed by atoms with van der Waals surface area (Å²) in [6.45, 7) is 2.05. The standard InChI is InChI=1S/C11H10N2S/c1-9(11-13-12-8-14-11)7-10-5-3-2-4-6-10/h2-8H,1H3/b9-7+. The maximum atomic E-state index is 4.01. The summed E-state index contributed by atoms with van der Waals surface area (Å²) in [6.07, 6.45) is 2.11. The zero-order chi connectivity index (χ0) is 9.80. The number of allylic oxidation sites excluding steroid dienone is 1. The molecular formula is C11H10N2S. The van der Waals surface area contributed by atoms with E-state index in [2.05, 4.69) is 28.4 Å². The first kappa shape index (κ1) is 9.09. The van der Waals surface area contributed by atoms with Gasteiger partial charge in [-0.25, -0.2) is 0 Å². The Morgan fingerprint density at radius 3 is 2.71 bits per heavy atom. The van der Waals surface area contributed by atoms with Crippen molar-refractivity contribution in [2.24, 2.45) is 0 Å². The summed E-state index contributed by atoms with van der Waals surface area (Å²) in [5.41, 5.74) is 4.09. The van der Waals surface area contributed by atoms with Gasteiger partial charge in [0.25, 0.3) is 0 Å². The molecule has 0 fully saturated rings. The van der Waals surface area contributed by atoms with Crippen LogP contribution in [-0.4, -0.2) is 10.2 Å². The predicted molar refractivity (Wildman–Crippen MR) is 59.9 cm³/mol. The van der Waals surface area contributed by atoms with E-state index in [1.165, 1.54) is 5.56 Å². The zero-order valence-corrected chi connectivity index (χ0v) is 8.66. The predicted octanol–water partition coefficient (Wildman–Crippen LogP) is 3.10. The summed E-state index contributed by atoms with van der Waals surface area (Å²) < 4.78 is 0. The van der Waals surface area contributed by atoms with Crippen LogP contribution in [0.25, 0.3) is 11.6 Å². The van der Waals surface area contributed by atoms with E-state index in [1.807, 2.05) is 25.1 Å². The highest BCUT2D eigenvalue weighted by atomic mass is 32.1. The lowest BCUT2D eigenvalue weighted by atomic mass is 10.1. The topological polar surface area (TPSA) is 25.8 Å². The molecule has 0 saturated heterocycles. The van der Waals surface area contributed by atoms with Crippen LogP contribution < -0.4 is 0 Å².